The van der Waals surface area contributed by atoms with Gasteiger partial charge in [-0.25, -0.2) is 0 Å². The largest absolute Gasteiger partial charge is 0.491 e. The molecule has 1 N–H and O–H groups in total. The van der Waals surface area contributed by atoms with Crippen molar-refractivity contribution in [1.29, 1.82) is 0 Å². The molecule has 1 spiro atoms. The van der Waals surface area contributed by atoms with Gasteiger partial charge in [0.05, 0.1) is 11.7 Å². The molecule has 1 amide bonds. The van der Waals surface area contributed by atoms with E-state index < -0.39 is 0 Å². The number of nitrogens with one attached hydrogen (secondary N) is 1. The number of nitrogens with zero attached hydrogens (tertiary/aromatic N) is 1. The SMILES string of the molecule is Cc1cc(C(=O)N2CCC3(CCC(C)(C)NC3)OC2)ccc1OC(C)C. The Morgan fingerprint density at radius 2 is 2.04 bits per heavy atom. The van der Waals surface area contributed by atoms with E-state index >= 15 is 0 Å². The molecule has 1 aromatic carbocycles. The monoisotopic (exact) mass is 360 g/mol. The van der Waals surface area contributed by atoms with Crippen molar-refractivity contribution in [3.8, 4) is 5.75 Å². The van der Waals surface area contributed by atoms with Crippen LogP contribution in [0.25, 0.3) is 0 Å². The Balaban J connectivity index is 1.61. The van der Waals surface area contributed by atoms with E-state index in [4.69, 9.17) is 9.47 Å². The molecular formula is C21H32N2O3. The first kappa shape index (κ1) is 19.2. The summed E-state index contributed by atoms with van der Waals surface area (Å²) in [6.45, 7) is 12.4. The Morgan fingerprint density at radius 3 is 2.58 bits per heavy atom. The Bertz CT molecular complexity index is 649. The summed E-state index contributed by atoms with van der Waals surface area (Å²) in [5.41, 5.74) is 1.74. The van der Waals surface area contributed by atoms with Crippen molar-refractivity contribution in [2.75, 3.05) is 19.8 Å². The molecule has 2 aliphatic heterocycles. The van der Waals surface area contributed by atoms with Gasteiger partial charge in [0.25, 0.3) is 5.91 Å². The fourth-order valence-corrected chi connectivity index (χ4v) is 3.66. The van der Waals surface area contributed by atoms with Gasteiger partial charge in [0.1, 0.15) is 12.5 Å². The maximum absolute atomic E-state index is 12.8. The van der Waals surface area contributed by atoms with Crippen LogP contribution in [0.4, 0.5) is 0 Å². The summed E-state index contributed by atoms with van der Waals surface area (Å²) >= 11 is 0. The van der Waals surface area contributed by atoms with Crippen molar-refractivity contribution >= 4 is 5.91 Å². The Labute approximate surface area is 157 Å². The Hall–Kier alpha value is -1.59. The Kier molecular flexibility index (Phi) is 5.31. The van der Waals surface area contributed by atoms with Crippen molar-refractivity contribution < 1.29 is 14.3 Å². The van der Waals surface area contributed by atoms with Gasteiger partial charge < -0.3 is 19.7 Å². The molecule has 5 heteroatoms. The van der Waals surface area contributed by atoms with Crippen LogP contribution in [0.15, 0.2) is 18.2 Å². The molecule has 0 saturated carbocycles. The fraction of sp³-hybridized carbons (Fsp3) is 0.667. The van der Waals surface area contributed by atoms with E-state index in [0.29, 0.717) is 12.3 Å². The lowest BCUT2D eigenvalue weighted by Crippen LogP contribution is -2.60. The van der Waals surface area contributed by atoms with Crippen LogP contribution >= 0.6 is 0 Å². The van der Waals surface area contributed by atoms with Gasteiger partial charge in [-0.2, -0.15) is 0 Å². The summed E-state index contributed by atoms with van der Waals surface area (Å²) in [5.74, 6) is 0.865. The van der Waals surface area contributed by atoms with Crippen molar-refractivity contribution in [3.63, 3.8) is 0 Å². The van der Waals surface area contributed by atoms with Crippen molar-refractivity contribution in [1.82, 2.24) is 10.2 Å². The zero-order valence-electron chi connectivity index (χ0n) is 16.7. The molecule has 0 aliphatic carbocycles. The normalized spacial score (nSPS) is 25.5. The van der Waals surface area contributed by atoms with Gasteiger partial charge in [0, 0.05) is 24.2 Å². The minimum atomic E-state index is -0.114. The van der Waals surface area contributed by atoms with Gasteiger partial charge in [0.15, 0.2) is 0 Å². The maximum atomic E-state index is 12.8. The van der Waals surface area contributed by atoms with Crippen LogP contribution in [0.3, 0.4) is 0 Å². The molecule has 0 radical (unpaired) electrons. The number of rotatable bonds is 3. The molecular weight excluding hydrogens is 328 g/mol. The fourth-order valence-electron chi connectivity index (χ4n) is 3.66. The number of carbonyl (C=O) groups excluding carboxylic acids is 1. The molecule has 0 aromatic heterocycles. The lowest BCUT2D eigenvalue weighted by atomic mass is 9.81. The number of benzene rings is 1. The lowest BCUT2D eigenvalue weighted by molar-refractivity contribution is -0.141. The molecule has 2 heterocycles. The summed E-state index contributed by atoms with van der Waals surface area (Å²) in [6, 6.07) is 5.65. The molecule has 26 heavy (non-hydrogen) atoms. The second-order valence-corrected chi connectivity index (χ2v) is 8.66. The lowest BCUT2D eigenvalue weighted by Gasteiger charge is -2.48. The third kappa shape index (κ3) is 4.21. The smallest absolute Gasteiger partial charge is 0.255 e. The number of piperidine rings is 1. The highest BCUT2D eigenvalue weighted by Gasteiger charge is 2.42. The van der Waals surface area contributed by atoms with Crippen LogP contribution in [0.1, 0.15) is 62.9 Å². The highest BCUT2D eigenvalue weighted by molar-refractivity contribution is 5.94. The van der Waals surface area contributed by atoms with Gasteiger partial charge in [-0.3, -0.25) is 4.79 Å². The number of carbonyl (C=O) groups is 1. The third-order valence-electron chi connectivity index (χ3n) is 5.53. The topological polar surface area (TPSA) is 50.8 Å². The zero-order chi connectivity index (χ0) is 18.9. The number of ether oxygens (including phenoxy) is 2. The molecule has 2 saturated heterocycles. The number of hydrogen-bond donors (Lipinski definition) is 1. The number of hydrogen-bond acceptors (Lipinski definition) is 4. The highest BCUT2D eigenvalue weighted by Crippen LogP contribution is 2.34. The molecule has 1 unspecified atom stereocenters. The Morgan fingerprint density at radius 1 is 1.27 bits per heavy atom. The average molecular weight is 360 g/mol. The summed E-state index contributed by atoms with van der Waals surface area (Å²) < 4.78 is 11.9. The maximum Gasteiger partial charge on any atom is 0.255 e. The van der Waals surface area contributed by atoms with E-state index in [1.807, 2.05) is 43.9 Å². The highest BCUT2D eigenvalue weighted by atomic mass is 16.5. The van der Waals surface area contributed by atoms with Gasteiger partial charge in [0.2, 0.25) is 0 Å². The van der Waals surface area contributed by atoms with E-state index in [2.05, 4.69) is 19.2 Å². The van der Waals surface area contributed by atoms with E-state index in [0.717, 1.165) is 43.7 Å². The summed E-state index contributed by atoms with van der Waals surface area (Å²) in [6.07, 6.45) is 3.15. The van der Waals surface area contributed by atoms with Crippen molar-refractivity contribution in [3.05, 3.63) is 29.3 Å². The predicted molar refractivity (Wildman–Crippen MR) is 103 cm³/mol. The van der Waals surface area contributed by atoms with Crippen molar-refractivity contribution in [2.24, 2.45) is 0 Å². The molecule has 3 rings (SSSR count). The number of aryl methyl sites for hydroxylation is 1. The minimum Gasteiger partial charge on any atom is -0.491 e. The summed E-state index contributed by atoms with van der Waals surface area (Å²) in [4.78, 5) is 14.7. The molecule has 1 atom stereocenters. The quantitative estimate of drug-likeness (QED) is 0.896. The van der Waals surface area contributed by atoms with Crippen LogP contribution in [0.2, 0.25) is 0 Å². The van der Waals surface area contributed by atoms with Crippen LogP contribution in [0.5, 0.6) is 5.75 Å². The van der Waals surface area contributed by atoms with Gasteiger partial charge in [-0.1, -0.05) is 0 Å². The standard InChI is InChI=1S/C21H32N2O3/c1-15(2)26-18-7-6-17(12-16(18)3)19(24)23-11-10-21(25-14-23)9-8-20(4,5)22-13-21/h6-7,12,15,22H,8-11,13-14H2,1-5H3. The summed E-state index contributed by atoms with van der Waals surface area (Å²) in [7, 11) is 0. The molecule has 2 aliphatic rings. The molecule has 0 bridgehead atoms. The first-order chi connectivity index (χ1) is 12.2. The summed E-state index contributed by atoms with van der Waals surface area (Å²) in [5, 5.41) is 3.58. The first-order valence-corrected chi connectivity index (χ1v) is 9.65. The second kappa shape index (κ2) is 7.20. The third-order valence-corrected chi connectivity index (χ3v) is 5.53. The van der Waals surface area contributed by atoms with Crippen LogP contribution < -0.4 is 10.1 Å². The first-order valence-electron chi connectivity index (χ1n) is 9.65. The number of amides is 1. The van der Waals surface area contributed by atoms with Gasteiger partial charge in [-0.05, 0) is 77.6 Å². The molecule has 5 nitrogen and oxygen atoms in total. The van der Waals surface area contributed by atoms with E-state index in [9.17, 15) is 4.79 Å². The van der Waals surface area contributed by atoms with Gasteiger partial charge in [-0.15, -0.1) is 0 Å². The second-order valence-electron chi connectivity index (χ2n) is 8.66. The van der Waals surface area contributed by atoms with E-state index in [1.165, 1.54) is 0 Å². The van der Waals surface area contributed by atoms with Gasteiger partial charge >= 0.3 is 0 Å². The van der Waals surface area contributed by atoms with Crippen LogP contribution in [-0.2, 0) is 4.74 Å². The molecule has 2 fully saturated rings. The zero-order valence-corrected chi connectivity index (χ0v) is 16.7. The van der Waals surface area contributed by atoms with Crippen molar-refractivity contribution in [2.45, 2.75) is 71.1 Å². The molecule has 1 aromatic rings. The minimum absolute atomic E-state index is 0.0307. The average Bonchev–Trinajstić information content (AvgIpc) is 2.59. The van der Waals surface area contributed by atoms with E-state index in [1.54, 1.807) is 0 Å². The van der Waals surface area contributed by atoms with E-state index in [-0.39, 0.29) is 23.2 Å². The molecule has 144 valence electrons. The van der Waals surface area contributed by atoms with Crippen LogP contribution in [0, 0.1) is 6.92 Å². The van der Waals surface area contributed by atoms with Crippen LogP contribution in [-0.4, -0.2) is 47.9 Å². The predicted octanol–water partition coefficient (Wildman–Crippen LogP) is 3.50.